The van der Waals surface area contributed by atoms with Crippen molar-refractivity contribution in [3.63, 3.8) is 0 Å². The van der Waals surface area contributed by atoms with Crippen molar-refractivity contribution in [2.75, 3.05) is 47.4 Å². The number of allylic oxidation sites excluding steroid dienone is 1. The number of hydrogen-bond donors (Lipinski definition) is 0. The summed E-state index contributed by atoms with van der Waals surface area (Å²) in [6.45, 7) is 5.32. The van der Waals surface area contributed by atoms with Crippen molar-refractivity contribution < 1.29 is 23.8 Å². The average molecular weight is 563 g/mol. The fourth-order valence-corrected chi connectivity index (χ4v) is 6.05. The number of likely N-dealkylation sites (N-methyl/N-ethyl adjacent to an activating group) is 1. The molecule has 0 bridgehead atoms. The first-order chi connectivity index (χ1) is 19.4. The molecular weight excluding hydrogens is 528 g/mol. The number of methoxy groups -OCH3 is 2. The lowest BCUT2D eigenvalue weighted by molar-refractivity contribution is -0.136. The highest BCUT2D eigenvalue weighted by Gasteiger charge is 2.41. The molecule has 1 amide bonds. The summed E-state index contributed by atoms with van der Waals surface area (Å²) in [4.78, 5) is 37.2. The van der Waals surface area contributed by atoms with Gasteiger partial charge in [-0.15, -0.1) is 0 Å². The molecule has 2 aromatic rings. The first-order valence-electron chi connectivity index (χ1n) is 13.2. The maximum absolute atomic E-state index is 13.3. The molecule has 1 unspecified atom stereocenters. The highest BCUT2D eigenvalue weighted by atomic mass is 32.2. The van der Waals surface area contributed by atoms with Gasteiger partial charge in [0.1, 0.15) is 6.61 Å². The van der Waals surface area contributed by atoms with E-state index in [1.54, 1.807) is 7.11 Å². The van der Waals surface area contributed by atoms with Crippen LogP contribution in [0.4, 0.5) is 0 Å². The Morgan fingerprint density at radius 2 is 1.77 bits per heavy atom. The molecule has 3 aliphatic rings. The zero-order valence-electron chi connectivity index (χ0n) is 23.3. The van der Waals surface area contributed by atoms with Gasteiger partial charge in [0.25, 0.3) is 0 Å². The summed E-state index contributed by atoms with van der Waals surface area (Å²) in [6, 6.07) is 15.0. The number of benzene rings is 2. The van der Waals surface area contributed by atoms with Crippen LogP contribution in [-0.4, -0.2) is 79.2 Å². The molecule has 1 fully saturated rings. The maximum Gasteiger partial charge on any atom is 0.338 e. The van der Waals surface area contributed by atoms with Crippen molar-refractivity contribution in [3.05, 3.63) is 82.0 Å². The molecule has 0 spiro atoms. The Kier molecular flexibility index (Phi) is 8.46. The molecule has 0 aromatic heterocycles. The minimum absolute atomic E-state index is 0.0630. The van der Waals surface area contributed by atoms with Gasteiger partial charge < -0.3 is 28.9 Å². The third kappa shape index (κ3) is 5.73. The minimum atomic E-state index is -0.543. The number of nitrogens with zero attached hydrogens (tertiary/aromatic N) is 4. The van der Waals surface area contributed by atoms with Gasteiger partial charge in [0.2, 0.25) is 5.91 Å². The van der Waals surface area contributed by atoms with Gasteiger partial charge in [0.05, 0.1) is 38.0 Å². The number of ether oxygens (including phenoxy) is 3. The number of piperazine rings is 1. The van der Waals surface area contributed by atoms with Gasteiger partial charge in [0, 0.05) is 31.9 Å². The Morgan fingerprint density at radius 3 is 2.48 bits per heavy atom. The van der Waals surface area contributed by atoms with Crippen molar-refractivity contribution >= 4 is 28.8 Å². The Morgan fingerprint density at radius 1 is 1.02 bits per heavy atom. The minimum Gasteiger partial charge on any atom is -0.493 e. The van der Waals surface area contributed by atoms with Gasteiger partial charge in [-0.05, 0) is 42.6 Å². The van der Waals surface area contributed by atoms with Gasteiger partial charge in [-0.2, -0.15) is 0 Å². The molecule has 0 saturated carbocycles. The Hall–Kier alpha value is -3.76. The largest absolute Gasteiger partial charge is 0.493 e. The van der Waals surface area contributed by atoms with Crippen molar-refractivity contribution in [3.8, 4) is 11.5 Å². The molecule has 5 rings (SSSR count). The van der Waals surface area contributed by atoms with Crippen LogP contribution < -0.4 is 9.47 Å². The Bertz CT molecular complexity index is 1370. The van der Waals surface area contributed by atoms with Crippen LogP contribution in [0.15, 0.2) is 75.9 Å². The Balaban J connectivity index is 1.45. The predicted molar refractivity (Wildman–Crippen MR) is 155 cm³/mol. The molecule has 40 heavy (non-hydrogen) atoms. The summed E-state index contributed by atoms with van der Waals surface area (Å²) in [7, 11) is 5.02. The lowest BCUT2D eigenvalue weighted by Crippen LogP contribution is -2.47. The molecule has 0 radical (unpaired) electrons. The normalized spacial score (nSPS) is 19.1. The number of thioether (sulfide) groups is 1. The fraction of sp³-hybridized carbons (Fsp3) is 0.367. The number of aliphatic imine (C=N–C) groups is 1. The number of carbonyl (C=O) groups excluding carboxylic acids is 2. The molecule has 2 aromatic carbocycles. The smallest absolute Gasteiger partial charge is 0.338 e. The van der Waals surface area contributed by atoms with E-state index in [9.17, 15) is 9.59 Å². The number of hydrogen-bond acceptors (Lipinski definition) is 9. The number of amides is 1. The third-order valence-electron chi connectivity index (χ3n) is 7.33. The maximum atomic E-state index is 13.3. The number of fused-ring (bicyclic) bond motifs is 1. The second-order valence-electron chi connectivity index (χ2n) is 9.93. The summed E-state index contributed by atoms with van der Waals surface area (Å²) in [5.74, 6) is 0.741. The zero-order chi connectivity index (χ0) is 28.2. The molecule has 10 heteroatoms. The van der Waals surface area contributed by atoms with Crippen LogP contribution in [-0.2, 0) is 20.9 Å². The van der Waals surface area contributed by atoms with Crippen LogP contribution >= 0.6 is 11.8 Å². The topological polar surface area (TPSA) is 83.9 Å². The first-order valence-corrected chi connectivity index (χ1v) is 14.1. The summed E-state index contributed by atoms with van der Waals surface area (Å²) in [5, 5.41) is 2.68. The van der Waals surface area contributed by atoms with Crippen LogP contribution in [0.25, 0.3) is 0 Å². The van der Waals surface area contributed by atoms with Crippen LogP contribution in [0.5, 0.6) is 11.5 Å². The number of rotatable bonds is 8. The molecular formula is C30H34N4O5S. The van der Waals surface area contributed by atoms with Crippen LogP contribution in [0.3, 0.4) is 0 Å². The molecule has 1 saturated heterocycles. The zero-order valence-corrected chi connectivity index (χ0v) is 24.1. The second kappa shape index (κ2) is 12.2. The standard InChI is InChI=1S/C30H34N4O5S/c1-20-27(29(36)38-4)28(22-10-11-24(25(16-22)37-3)39-18-21-8-6-5-7-9-21)34-23(19-40-30(34)31-20)17-26(35)33-14-12-32(2)13-15-33/h5-11,16,19,28H,12-15,17-18H2,1-4H3. The lowest BCUT2D eigenvalue weighted by atomic mass is 9.93. The fourth-order valence-electron chi connectivity index (χ4n) is 5.09. The summed E-state index contributed by atoms with van der Waals surface area (Å²) < 4.78 is 17.0. The van der Waals surface area contributed by atoms with Crippen molar-refractivity contribution in [2.45, 2.75) is 26.0 Å². The summed E-state index contributed by atoms with van der Waals surface area (Å²) in [5.41, 5.74) is 3.65. The van der Waals surface area contributed by atoms with Gasteiger partial charge >= 0.3 is 5.97 Å². The number of amidine groups is 1. The van der Waals surface area contributed by atoms with E-state index in [0.29, 0.717) is 42.5 Å². The van der Waals surface area contributed by atoms with E-state index in [2.05, 4.69) is 11.9 Å². The summed E-state index contributed by atoms with van der Waals surface area (Å²) in [6.07, 6.45) is 0.217. The van der Waals surface area contributed by atoms with E-state index in [-0.39, 0.29) is 12.3 Å². The van der Waals surface area contributed by atoms with E-state index in [0.717, 1.165) is 35.1 Å². The van der Waals surface area contributed by atoms with Gasteiger partial charge in [-0.1, -0.05) is 48.2 Å². The van der Waals surface area contributed by atoms with Crippen LogP contribution in [0, 0.1) is 0 Å². The quantitative estimate of drug-likeness (QED) is 0.443. The van der Waals surface area contributed by atoms with Crippen LogP contribution in [0.2, 0.25) is 0 Å². The average Bonchev–Trinajstić information content (AvgIpc) is 3.37. The number of esters is 1. The predicted octanol–water partition coefficient (Wildman–Crippen LogP) is 4.19. The summed E-state index contributed by atoms with van der Waals surface area (Å²) >= 11 is 1.46. The van der Waals surface area contributed by atoms with E-state index in [4.69, 9.17) is 19.2 Å². The molecule has 0 aliphatic carbocycles. The molecule has 210 valence electrons. The second-order valence-corrected chi connectivity index (χ2v) is 10.8. The highest BCUT2D eigenvalue weighted by Crippen LogP contribution is 2.46. The monoisotopic (exact) mass is 562 g/mol. The third-order valence-corrected chi connectivity index (χ3v) is 8.22. The molecule has 3 aliphatic heterocycles. The van der Waals surface area contributed by atoms with E-state index >= 15 is 0 Å². The Labute approximate surface area is 239 Å². The molecule has 1 atom stereocenters. The van der Waals surface area contributed by atoms with Crippen molar-refractivity contribution in [1.29, 1.82) is 0 Å². The van der Waals surface area contributed by atoms with Crippen molar-refractivity contribution in [1.82, 2.24) is 14.7 Å². The number of carbonyl (C=O) groups is 2. The van der Waals surface area contributed by atoms with E-state index in [1.807, 2.05) is 70.7 Å². The van der Waals surface area contributed by atoms with Crippen molar-refractivity contribution in [2.24, 2.45) is 4.99 Å². The van der Waals surface area contributed by atoms with E-state index < -0.39 is 12.0 Å². The van der Waals surface area contributed by atoms with E-state index in [1.165, 1.54) is 18.9 Å². The SMILES string of the molecule is COC(=O)C1=C(C)N=C2SC=C(CC(=O)N3CCN(C)CC3)N2C1c1ccc(OCc2ccccc2)c(OC)c1. The highest BCUT2D eigenvalue weighted by molar-refractivity contribution is 8.16. The lowest BCUT2D eigenvalue weighted by Gasteiger charge is -2.37. The van der Waals surface area contributed by atoms with Gasteiger partial charge in [-0.3, -0.25) is 4.79 Å². The molecule has 0 N–H and O–H groups in total. The van der Waals surface area contributed by atoms with Crippen LogP contribution in [0.1, 0.15) is 30.5 Å². The van der Waals surface area contributed by atoms with Gasteiger partial charge in [0.15, 0.2) is 16.7 Å². The molecule has 9 nitrogen and oxygen atoms in total. The first kappa shape index (κ1) is 27.8. The van der Waals surface area contributed by atoms with Gasteiger partial charge in [-0.25, -0.2) is 9.79 Å². The molecule has 3 heterocycles.